The first-order valence-corrected chi connectivity index (χ1v) is 5.76. The summed E-state index contributed by atoms with van der Waals surface area (Å²) in [7, 11) is 0. The number of aliphatic hydroxyl groups excluding tert-OH is 1. The summed E-state index contributed by atoms with van der Waals surface area (Å²) in [5.41, 5.74) is -5.44. The molecule has 0 aliphatic carbocycles. The summed E-state index contributed by atoms with van der Waals surface area (Å²) >= 11 is 0. The Balaban J connectivity index is 3.41. The summed E-state index contributed by atoms with van der Waals surface area (Å²) in [6.07, 6.45) is 0. The minimum absolute atomic E-state index is 0.236. The Morgan fingerprint density at radius 1 is 0.957 bits per heavy atom. The standard InChI is InChI=1S/C11H10F10O2/c1-5(3-22)7(12,13)9(16,17)11(20,21)10(18,19)8(14,15)6(2)4-23-6/h22H,1,3-4H2,2H3. The molecule has 0 aromatic rings. The lowest BCUT2D eigenvalue weighted by Gasteiger charge is -2.40. The Morgan fingerprint density at radius 3 is 1.65 bits per heavy atom. The minimum Gasteiger partial charge on any atom is -0.392 e. The molecule has 1 aliphatic rings. The van der Waals surface area contributed by atoms with Crippen molar-refractivity contribution in [1.82, 2.24) is 0 Å². The Kier molecular flexibility index (Phi) is 4.33. The van der Waals surface area contributed by atoms with Crippen LogP contribution in [0.5, 0.6) is 0 Å². The van der Waals surface area contributed by atoms with E-state index in [4.69, 9.17) is 5.11 Å². The number of hydrogen-bond donors (Lipinski definition) is 1. The fourth-order valence-corrected chi connectivity index (χ4v) is 1.53. The van der Waals surface area contributed by atoms with Gasteiger partial charge in [-0.25, -0.2) is 0 Å². The van der Waals surface area contributed by atoms with E-state index in [1.165, 1.54) is 0 Å². The van der Waals surface area contributed by atoms with Crippen molar-refractivity contribution >= 4 is 0 Å². The van der Waals surface area contributed by atoms with Crippen molar-refractivity contribution in [3.8, 4) is 0 Å². The number of aliphatic hydroxyl groups is 1. The van der Waals surface area contributed by atoms with Gasteiger partial charge in [-0.05, 0) is 6.92 Å². The summed E-state index contributed by atoms with van der Waals surface area (Å²) in [4.78, 5) is 0. The quantitative estimate of drug-likeness (QED) is 0.426. The molecule has 1 unspecified atom stereocenters. The van der Waals surface area contributed by atoms with E-state index in [1.54, 1.807) is 0 Å². The third kappa shape index (κ3) is 2.32. The predicted octanol–water partition coefficient (Wildman–Crippen LogP) is 3.50. The average Bonchev–Trinajstić information content (AvgIpc) is 3.16. The van der Waals surface area contributed by atoms with E-state index in [-0.39, 0.29) is 6.92 Å². The molecule has 1 rings (SSSR count). The fourth-order valence-electron chi connectivity index (χ4n) is 1.53. The van der Waals surface area contributed by atoms with Crippen molar-refractivity contribution < 1.29 is 53.7 Å². The monoisotopic (exact) mass is 364 g/mol. The van der Waals surface area contributed by atoms with Crippen LogP contribution in [0.2, 0.25) is 0 Å². The molecule has 0 spiro atoms. The second kappa shape index (κ2) is 4.98. The van der Waals surface area contributed by atoms with Gasteiger partial charge in [-0.1, -0.05) is 6.58 Å². The molecule has 0 bridgehead atoms. The lowest BCUT2D eigenvalue weighted by molar-refractivity contribution is -0.402. The second-order valence-electron chi connectivity index (χ2n) is 5.15. The SMILES string of the molecule is C=C(CO)C(F)(F)C(F)(F)C(F)(F)C(F)(F)C(F)(F)C1(C)CO1. The molecule has 1 aliphatic heterocycles. The topological polar surface area (TPSA) is 32.8 Å². The molecule has 12 heteroatoms. The van der Waals surface area contributed by atoms with E-state index < -0.39 is 54.0 Å². The van der Waals surface area contributed by atoms with Gasteiger partial charge >= 0.3 is 29.6 Å². The first kappa shape index (κ1) is 20.0. The van der Waals surface area contributed by atoms with Gasteiger partial charge in [0.1, 0.15) is 0 Å². The van der Waals surface area contributed by atoms with E-state index in [1.807, 2.05) is 0 Å². The van der Waals surface area contributed by atoms with Crippen molar-refractivity contribution in [3.63, 3.8) is 0 Å². The van der Waals surface area contributed by atoms with Crippen LogP contribution in [-0.4, -0.2) is 53.5 Å². The van der Waals surface area contributed by atoms with Gasteiger partial charge in [0.15, 0.2) is 5.60 Å². The van der Waals surface area contributed by atoms with Gasteiger partial charge in [-0.2, -0.15) is 43.9 Å². The third-order valence-corrected chi connectivity index (χ3v) is 3.45. The maximum Gasteiger partial charge on any atom is 0.384 e. The fraction of sp³-hybridized carbons (Fsp3) is 0.818. The molecule has 23 heavy (non-hydrogen) atoms. The van der Waals surface area contributed by atoms with Crippen LogP contribution in [0.3, 0.4) is 0 Å². The van der Waals surface area contributed by atoms with Gasteiger partial charge in [0.05, 0.1) is 13.2 Å². The molecular weight excluding hydrogens is 354 g/mol. The molecule has 0 amide bonds. The third-order valence-electron chi connectivity index (χ3n) is 3.45. The molecule has 0 aromatic heterocycles. The van der Waals surface area contributed by atoms with Crippen molar-refractivity contribution in [1.29, 1.82) is 0 Å². The highest BCUT2D eigenvalue weighted by Gasteiger charge is 2.90. The molecule has 1 fully saturated rings. The van der Waals surface area contributed by atoms with E-state index in [0.29, 0.717) is 0 Å². The van der Waals surface area contributed by atoms with E-state index in [2.05, 4.69) is 11.3 Å². The van der Waals surface area contributed by atoms with Crippen molar-refractivity contribution in [2.24, 2.45) is 0 Å². The maximum atomic E-state index is 13.5. The molecule has 0 aromatic carbocycles. The van der Waals surface area contributed by atoms with Gasteiger partial charge in [0.2, 0.25) is 0 Å². The van der Waals surface area contributed by atoms with Gasteiger partial charge in [-0.3, -0.25) is 0 Å². The first-order chi connectivity index (χ1) is 9.94. The van der Waals surface area contributed by atoms with E-state index in [0.717, 1.165) is 0 Å². The van der Waals surface area contributed by atoms with Crippen LogP contribution in [0.25, 0.3) is 0 Å². The van der Waals surface area contributed by atoms with Gasteiger partial charge in [0, 0.05) is 5.57 Å². The Bertz CT molecular complexity index is 495. The molecule has 0 saturated carbocycles. The van der Waals surface area contributed by atoms with Crippen LogP contribution in [0, 0.1) is 0 Å². The molecular formula is C11H10F10O2. The molecule has 0 radical (unpaired) electrons. The van der Waals surface area contributed by atoms with Crippen LogP contribution in [0.15, 0.2) is 12.2 Å². The molecule has 1 heterocycles. The van der Waals surface area contributed by atoms with Crippen LogP contribution < -0.4 is 0 Å². The zero-order valence-corrected chi connectivity index (χ0v) is 11.3. The summed E-state index contributed by atoms with van der Waals surface area (Å²) in [5, 5.41) is 8.29. The minimum atomic E-state index is -7.18. The highest BCUT2D eigenvalue weighted by atomic mass is 19.4. The summed E-state index contributed by atoms with van der Waals surface area (Å²) in [6.45, 7) is -0.717. The predicted molar refractivity (Wildman–Crippen MR) is 55.3 cm³/mol. The van der Waals surface area contributed by atoms with Crippen LogP contribution in [-0.2, 0) is 4.74 Å². The van der Waals surface area contributed by atoms with Crippen LogP contribution >= 0.6 is 0 Å². The number of epoxide rings is 1. The van der Waals surface area contributed by atoms with Crippen molar-refractivity contribution in [2.75, 3.05) is 13.2 Å². The average molecular weight is 364 g/mol. The summed E-state index contributed by atoms with van der Waals surface area (Å²) < 4.78 is 137. The van der Waals surface area contributed by atoms with Crippen LogP contribution in [0.1, 0.15) is 6.92 Å². The number of ether oxygens (including phenoxy) is 1. The van der Waals surface area contributed by atoms with Crippen molar-refractivity contribution in [2.45, 2.75) is 42.1 Å². The number of halogens is 10. The largest absolute Gasteiger partial charge is 0.392 e. The Morgan fingerprint density at radius 2 is 1.35 bits per heavy atom. The molecule has 2 nitrogen and oxygen atoms in total. The first-order valence-electron chi connectivity index (χ1n) is 5.76. The van der Waals surface area contributed by atoms with Crippen LogP contribution in [0.4, 0.5) is 43.9 Å². The summed E-state index contributed by atoms with van der Waals surface area (Å²) in [5.74, 6) is -33.0. The maximum absolute atomic E-state index is 13.5. The molecule has 1 atom stereocenters. The van der Waals surface area contributed by atoms with Gasteiger partial charge in [-0.15, -0.1) is 0 Å². The Labute approximate surface area is 122 Å². The van der Waals surface area contributed by atoms with E-state index in [9.17, 15) is 43.9 Å². The van der Waals surface area contributed by atoms with Gasteiger partial charge < -0.3 is 9.84 Å². The molecule has 1 N–H and O–H groups in total. The number of alkyl halides is 10. The zero-order valence-electron chi connectivity index (χ0n) is 11.3. The zero-order chi connectivity index (χ0) is 18.7. The van der Waals surface area contributed by atoms with Gasteiger partial charge in [0.25, 0.3) is 0 Å². The van der Waals surface area contributed by atoms with E-state index >= 15 is 0 Å². The summed E-state index contributed by atoms with van der Waals surface area (Å²) in [6, 6.07) is 0. The smallest absolute Gasteiger partial charge is 0.384 e. The number of hydrogen-bond acceptors (Lipinski definition) is 2. The lowest BCUT2D eigenvalue weighted by Crippen LogP contribution is -2.70. The molecule has 1 saturated heterocycles. The van der Waals surface area contributed by atoms with Crippen molar-refractivity contribution in [3.05, 3.63) is 12.2 Å². The highest BCUT2D eigenvalue weighted by Crippen LogP contribution is 2.62. The number of rotatable bonds is 7. The highest BCUT2D eigenvalue weighted by molar-refractivity contribution is 5.22. The Hall–Kier alpha value is -1.04. The molecule has 136 valence electrons. The lowest BCUT2D eigenvalue weighted by atomic mass is 9.87. The second-order valence-corrected chi connectivity index (χ2v) is 5.15. The normalized spacial score (nSPS) is 23.8.